The maximum absolute atomic E-state index is 6.06. The topological polar surface area (TPSA) is 0 Å². The molecule has 0 heterocycles. The standard InChI is InChI=1S/C27H19Cl/c28-18-19-7-4-10-21(17-19)23-12-6-14-25-24-13-5-11-22(20-8-2-1-3-9-20)26(24)15-16-27(23)25/h1-17H,18H2. The van der Waals surface area contributed by atoms with Crippen molar-refractivity contribution >= 4 is 33.1 Å². The smallest absolute Gasteiger partial charge is 0.0474 e. The Labute approximate surface area is 170 Å². The van der Waals surface area contributed by atoms with Gasteiger partial charge in [-0.3, -0.25) is 0 Å². The van der Waals surface area contributed by atoms with Crippen LogP contribution in [0.25, 0.3) is 43.8 Å². The first-order valence-corrected chi connectivity index (χ1v) is 10.0. The van der Waals surface area contributed by atoms with E-state index < -0.39 is 0 Å². The van der Waals surface area contributed by atoms with Crippen molar-refractivity contribution in [2.75, 3.05) is 0 Å². The van der Waals surface area contributed by atoms with Crippen LogP contribution in [0.15, 0.2) is 103 Å². The van der Waals surface area contributed by atoms with Crippen LogP contribution in [0.5, 0.6) is 0 Å². The van der Waals surface area contributed by atoms with Crippen LogP contribution in [0.4, 0.5) is 0 Å². The molecule has 1 heteroatoms. The molecule has 0 bridgehead atoms. The molecule has 0 aromatic heterocycles. The van der Waals surface area contributed by atoms with Gasteiger partial charge in [0.15, 0.2) is 0 Å². The molecule has 0 aliphatic rings. The second-order valence-corrected chi connectivity index (χ2v) is 7.33. The van der Waals surface area contributed by atoms with Crippen LogP contribution in [-0.4, -0.2) is 0 Å². The Kier molecular flexibility index (Phi) is 4.35. The summed E-state index contributed by atoms with van der Waals surface area (Å²) in [5.41, 5.74) is 6.12. The lowest BCUT2D eigenvalue weighted by Crippen LogP contribution is -1.87. The second kappa shape index (κ2) is 7.14. The van der Waals surface area contributed by atoms with E-state index in [1.165, 1.54) is 43.8 Å². The first kappa shape index (κ1) is 17.0. The first-order chi connectivity index (χ1) is 13.8. The van der Waals surface area contributed by atoms with Crippen LogP contribution in [0, 0.1) is 0 Å². The molecule has 0 aliphatic heterocycles. The monoisotopic (exact) mass is 378 g/mol. The van der Waals surface area contributed by atoms with E-state index in [2.05, 4.69) is 103 Å². The van der Waals surface area contributed by atoms with E-state index in [0.29, 0.717) is 5.88 Å². The predicted molar refractivity (Wildman–Crippen MR) is 122 cm³/mol. The Balaban J connectivity index is 1.78. The lowest BCUT2D eigenvalue weighted by Gasteiger charge is -2.13. The minimum atomic E-state index is 0.530. The van der Waals surface area contributed by atoms with Gasteiger partial charge in [-0.05, 0) is 55.4 Å². The highest BCUT2D eigenvalue weighted by Crippen LogP contribution is 2.37. The van der Waals surface area contributed by atoms with E-state index in [1.54, 1.807) is 0 Å². The van der Waals surface area contributed by atoms with Crippen LogP contribution < -0.4 is 0 Å². The fourth-order valence-electron chi connectivity index (χ4n) is 4.07. The molecule has 0 aliphatic carbocycles. The van der Waals surface area contributed by atoms with Crippen LogP contribution >= 0.6 is 11.6 Å². The van der Waals surface area contributed by atoms with Gasteiger partial charge in [0.1, 0.15) is 0 Å². The minimum absolute atomic E-state index is 0.530. The molecule has 0 spiro atoms. The molecule has 5 rings (SSSR count). The molecular weight excluding hydrogens is 360 g/mol. The summed E-state index contributed by atoms with van der Waals surface area (Å²) in [5.74, 6) is 0.530. The second-order valence-electron chi connectivity index (χ2n) is 7.07. The zero-order valence-corrected chi connectivity index (χ0v) is 16.2. The number of fused-ring (bicyclic) bond motifs is 3. The molecular formula is C27H19Cl. The summed E-state index contributed by atoms with van der Waals surface area (Å²) in [6.45, 7) is 0. The lowest BCUT2D eigenvalue weighted by atomic mass is 9.91. The lowest BCUT2D eigenvalue weighted by molar-refractivity contribution is 1.40. The quantitative estimate of drug-likeness (QED) is 0.220. The van der Waals surface area contributed by atoms with Gasteiger partial charge in [0.05, 0.1) is 0 Å². The summed E-state index contributed by atoms with van der Waals surface area (Å²) < 4.78 is 0. The van der Waals surface area contributed by atoms with Gasteiger partial charge in [0.25, 0.3) is 0 Å². The van der Waals surface area contributed by atoms with Gasteiger partial charge in [-0.2, -0.15) is 0 Å². The average molecular weight is 379 g/mol. The molecule has 134 valence electrons. The average Bonchev–Trinajstić information content (AvgIpc) is 2.78. The third-order valence-corrected chi connectivity index (χ3v) is 5.70. The van der Waals surface area contributed by atoms with Crippen LogP contribution in [0.1, 0.15) is 5.56 Å². The van der Waals surface area contributed by atoms with Crippen LogP contribution in [0.3, 0.4) is 0 Å². The van der Waals surface area contributed by atoms with Crippen LogP contribution in [-0.2, 0) is 5.88 Å². The summed E-state index contributed by atoms with van der Waals surface area (Å²) >= 11 is 6.06. The third kappa shape index (κ3) is 2.87. The number of rotatable bonds is 3. The molecule has 0 N–H and O–H groups in total. The van der Waals surface area contributed by atoms with Gasteiger partial charge in [-0.25, -0.2) is 0 Å². The molecule has 0 amide bonds. The molecule has 28 heavy (non-hydrogen) atoms. The Bertz CT molecular complexity index is 1290. The molecule has 0 saturated heterocycles. The number of hydrogen-bond donors (Lipinski definition) is 0. The van der Waals surface area contributed by atoms with Crippen molar-refractivity contribution in [3.8, 4) is 22.3 Å². The van der Waals surface area contributed by atoms with Gasteiger partial charge in [-0.15, -0.1) is 11.6 Å². The number of alkyl halides is 1. The Morgan fingerprint density at radius 2 is 1.04 bits per heavy atom. The van der Waals surface area contributed by atoms with Gasteiger partial charge in [0.2, 0.25) is 0 Å². The summed E-state index contributed by atoms with van der Waals surface area (Å²) in [4.78, 5) is 0. The fraction of sp³-hybridized carbons (Fsp3) is 0.0370. The Hall–Kier alpha value is -3.09. The number of hydrogen-bond acceptors (Lipinski definition) is 0. The molecule has 0 unspecified atom stereocenters. The normalized spacial score (nSPS) is 11.2. The molecule has 0 nitrogen and oxygen atoms in total. The maximum atomic E-state index is 6.06. The Morgan fingerprint density at radius 3 is 1.68 bits per heavy atom. The van der Waals surface area contributed by atoms with Crippen molar-refractivity contribution in [2.45, 2.75) is 5.88 Å². The molecule has 0 saturated carbocycles. The summed E-state index contributed by atoms with van der Waals surface area (Å²) in [5, 5.41) is 5.12. The van der Waals surface area contributed by atoms with E-state index in [-0.39, 0.29) is 0 Å². The predicted octanol–water partition coefficient (Wildman–Crippen LogP) is 8.07. The third-order valence-electron chi connectivity index (χ3n) is 5.40. The van der Waals surface area contributed by atoms with Crippen molar-refractivity contribution < 1.29 is 0 Å². The van der Waals surface area contributed by atoms with Crippen molar-refractivity contribution in [1.29, 1.82) is 0 Å². The van der Waals surface area contributed by atoms with Gasteiger partial charge in [-0.1, -0.05) is 97.1 Å². The molecule has 0 fully saturated rings. The fourth-order valence-corrected chi connectivity index (χ4v) is 4.24. The zero-order chi connectivity index (χ0) is 18.9. The van der Waals surface area contributed by atoms with Gasteiger partial charge < -0.3 is 0 Å². The van der Waals surface area contributed by atoms with E-state index >= 15 is 0 Å². The molecule has 0 atom stereocenters. The summed E-state index contributed by atoms with van der Waals surface area (Å²) in [7, 11) is 0. The van der Waals surface area contributed by atoms with Crippen LogP contribution in [0.2, 0.25) is 0 Å². The minimum Gasteiger partial charge on any atom is -0.122 e. The van der Waals surface area contributed by atoms with Crippen molar-refractivity contribution in [3.63, 3.8) is 0 Å². The van der Waals surface area contributed by atoms with Crippen molar-refractivity contribution in [3.05, 3.63) is 109 Å². The number of halogens is 1. The molecule has 5 aromatic rings. The first-order valence-electron chi connectivity index (χ1n) is 9.50. The van der Waals surface area contributed by atoms with Gasteiger partial charge >= 0.3 is 0 Å². The Morgan fingerprint density at radius 1 is 0.464 bits per heavy atom. The van der Waals surface area contributed by atoms with Crippen molar-refractivity contribution in [1.82, 2.24) is 0 Å². The highest BCUT2D eigenvalue weighted by Gasteiger charge is 2.10. The summed E-state index contributed by atoms with van der Waals surface area (Å²) in [6, 6.07) is 36.8. The zero-order valence-electron chi connectivity index (χ0n) is 15.4. The van der Waals surface area contributed by atoms with E-state index in [4.69, 9.17) is 11.6 Å². The van der Waals surface area contributed by atoms with E-state index in [0.717, 1.165) is 5.56 Å². The highest BCUT2D eigenvalue weighted by atomic mass is 35.5. The van der Waals surface area contributed by atoms with Crippen molar-refractivity contribution in [2.24, 2.45) is 0 Å². The van der Waals surface area contributed by atoms with E-state index in [9.17, 15) is 0 Å². The largest absolute Gasteiger partial charge is 0.122 e. The van der Waals surface area contributed by atoms with E-state index in [1.807, 2.05) is 0 Å². The molecule has 5 aromatic carbocycles. The summed E-state index contributed by atoms with van der Waals surface area (Å²) in [6.07, 6.45) is 0. The number of benzene rings is 5. The highest BCUT2D eigenvalue weighted by molar-refractivity contribution is 6.17. The maximum Gasteiger partial charge on any atom is 0.0474 e. The SMILES string of the molecule is ClCc1cccc(-c2cccc3c2ccc2c(-c4ccccc4)cccc23)c1. The van der Waals surface area contributed by atoms with Gasteiger partial charge in [0, 0.05) is 5.88 Å². The molecule has 0 radical (unpaired) electrons.